The number of thiazole rings is 1. The number of aromatic nitrogens is 2. The molecule has 0 radical (unpaired) electrons. The minimum atomic E-state index is -0.421. The number of nitrogens with one attached hydrogen (secondary N) is 2. The van der Waals surface area contributed by atoms with Crippen LogP contribution in [0.1, 0.15) is 28.2 Å². The predicted molar refractivity (Wildman–Crippen MR) is 72.7 cm³/mol. The van der Waals surface area contributed by atoms with E-state index in [-0.39, 0.29) is 23.5 Å². The summed E-state index contributed by atoms with van der Waals surface area (Å²) < 4.78 is 5.06. The fraction of sp³-hybridized carbons (Fsp3) is 0.333. The molecule has 0 saturated heterocycles. The van der Waals surface area contributed by atoms with Gasteiger partial charge in [-0.05, 0) is 19.8 Å². The summed E-state index contributed by atoms with van der Waals surface area (Å²) in [7, 11) is 0. The molecule has 1 saturated carbocycles. The Labute approximate surface area is 118 Å². The molecule has 2 N–H and O–H groups in total. The molecule has 1 aliphatic carbocycles. The minimum absolute atomic E-state index is 0.0439. The van der Waals surface area contributed by atoms with Crippen LogP contribution in [-0.2, 0) is 4.79 Å². The van der Waals surface area contributed by atoms with Gasteiger partial charge in [0.25, 0.3) is 5.91 Å². The summed E-state index contributed by atoms with van der Waals surface area (Å²) in [5.41, 5.74) is 0.101. The summed E-state index contributed by atoms with van der Waals surface area (Å²) in [5.74, 6) is -0.484. The van der Waals surface area contributed by atoms with E-state index >= 15 is 0 Å². The number of hydrogen-bond donors (Lipinski definition) is 2. The summed E-state index contributed by atoms with van der Waals surface area (Å²) in [5, 5.41) is 5.65. The molecule has 0 unspecified atom stereocenters. The monoisotopic (exact) mass is 292 g/mol. The van der Waals surface area contributed by atoms with Crippen LogP contribution in [0.5, 0.6) is 0 Å². The predicted octanol–water partition coefficient (Wildman–Crippen LogP) is 2.04. The molecule has 2 amide bonds. The molecule has 0 spiro atoms. The van der Waals surface area contributed by atoms with Crippen LogP contribution in [0.25, 0.3) is 0 Å². The highest BCUT2D eigenvalue weighted by atomic mass is 32.1. The topological polar surface area (TPSA) is 97.1 Å². The third-order valence-corrected chi connectivity index (χ3v) is 3.59. The zero-order chi connectivity index (χ0) is 14.1. The van der Waals surface area contributed by atoms with E-state index in [2.05, 4.69) is 20.6 Å². The molecule has 2 aromatic heterocycles. The molecule has 1 fully saturated rings. The standard InChI is InChI=1S/C12H12N4O3S/c1-6-4-13-12(20-6)16-10(18)8-5-19-11(14-8)15-9(17)7-2-3-7/h4-5,7H,2-3H2,1H3,(H,13,16,18)(H,14,15,17). The molecule has 0 bridgehead atoms. The van der Waals surface area contributed by atoms with Gasteiger partial charge >= 0.3 is 6.01 Å². The summed E-state index contributed by atoms with van der Waals surface area (Å²) in [6, 6.07) is 0.0439. The van der Waals surface area contributed by atoms with Crippen LogP contribution in [-0.4, -0.2) is 21.8 Å². The Morgan fingerprint density at radius 1 is 1.40 bits per heavy atom. The summed E-state index contributed by atoms with van der Waals surface area (Å²) >= 11 is 1.37. The molecule has 2 heterocycles. The van der Waals surface area contributed by atoms with E-state index in [1.165, 1.54) is 17.6 Å². The van der Waals surface area contributed by atoms with Gasteiger partial charge in [0.2, 0.25) is 5.91 Å². The quantitative estimate of drug-likeness (QED) is 0.898. The highest BCUT2D eigenvalue weighted by Crippen LogP contribution is 2.30. The second-order valence-corrected chi connectivity index (χ2v) is 5.77. The molecular weight excluding hydrogens is 280 g/mol. The first-order valence-corrected chi connectivity index (χ1v) is 6.93. The number of anilines is 2. The Balaban J connectivity index is 1.63. The van der Waals surface area contributed by atoms with Crippen molar-refractivity contribution in [3.63, 3.8) is 0 Å². The number of hydrogen-bond acceptors (Lipinski definition) is 6. The Morgan fingerprint density at radius 3 is 2.85 bits per heavy atom. The van der Waals surface area contributed by atoms with Gasteiger partial charge in [-0.15, -0.1) is 11.3 Å². The maximum atomic E-state index is 11.9. The number of rotatable bonds is 4. The van der Waals surface area contributed by atoms with Crippen molar-refractivity contribution in [1.29, 1.82) is 0 Å². The van der Waals surface area contributed by atoms with E-state index in [1.807, 2.05) is 6.92 Å². The van der Waals surface area contributed by atoms with Gasteiger partial charge in [0, 0.05) is 17.0 Å². The van der Waals surface area contributed by atoms with Gasteiger partial charge in [-0.2, -0.15) is 4.98 Å². The fourth-order valence-corrected chi connectivity index (χ4v) is 2.22. The lowest BCUT2D eigenvalue weighted by atomic mass is 10.4. The van der Waals surface area contributed by atoms with E-state index in [1.54, 1.807) is 6.20 Å². The Kier molecular flexibility index (Phi) is 3.23. The van der Waals surface area contributed by atoms with Gasteiger partial charge in [-0.1, -0.05) is 0 Å². The molecule has 104 valence electrons. The lowest BCUT2D eigenvalue weighted by Gasteiger charge is -1.97. The van der Waals surface area contributed by atoms with Crippen molar-refractivity contribution in [2.75, 3.05) is 10.6 Å². The van der Waals surface area contributed by atoms with Crippen molar-refractivity contribution in [2.45, 2.75) is 19.8 Å². The van der Waals surface area contributed by atoms with Gasteiger partial charge in [0.15, 0.2) is 10.8 Å². The number of amides is 2. The van der Waals surface area contributed by atoms with Crippen LogP contribution in [0.15, 0.2) is 16.9 Å². The molecule has 1 aliphatic rings. The molecule has 0 atom stereocenters. The molecular formula is C12H12N4O3S. The van der Waals surface area contributed by atoms with Crippen LogP contribution >= 0.6 is 11.3 Å². The molecule has 3 rings (SSSR count). The van der Waals surface area contributed by atoms with E-state index in [9.17, 15) is 9.59 Å². The van der Waals surface area contributed by atoms with Gasteiger partial charge in [-0.25, -0.2) is 4.98 Å². The lowest BCUT2D eigenvalue weighted by Crippen LogP contribution is -2.15. The van der Waals surface area contributed by atoms with Crippen LogP contribution in [0.3, 0.4) is 0 Å². The van der Waals surface area contributed by atoms with E-state index in [4.69, 9.17) is 4.42 Å². The number of aryl methyl sites for hydroxylation is 1. The summed E-state index contributed by atoms with van der Waals surface area (Å²) in [6.45, 7) is 1.90. The van der Waals surface area contributed by atoms with Gasteiger partial charge in [0.1, 0.15) is 6.26 Å². The molecule has 20 heavy (non-hydrogen) atoms. The fourth-order valence-electron chi connectivity index (χ4n) is 1.56. The Bertz CT molecular complexity index is 659. The maximum absolute atomic E-state index is 11.9. The minimum Gasteiger partial charge on any atom is -0.431 e. The van der Waals surface area contributed by atoms with Gasteiger partial charge in [0.05, 0.1) is 0 Å². The van der Waals surface area contributed by atoms with Gasteiger partial charge in [-0.3, -0.25) is 20.2 Å². The number of oxazole rings is 1. The lowest BCUT2D eigenvalue weighted by molar-refractivity contribution is -0.117. The van der Waals surface area contributed by atoms with Crippen LogP contribution < -0.4 is 10.6 Å². The normalized spacial score (nSPS) is 14.1. The average Bonchev–Trinajstić information content (AvgIpc) is 3.04. The molecule has 0 aliphatic heterocycles. The van der Waals surface area contributed by atoms with Gasteiger partial charge < -0.3 is 4.42 Å². The number of nitrogens with zero attached hydrogens (tertiary/aromatic N) is 2. The molecule has 8 heteroatoms. The zero-order valence-corrected chi connectivity index (χ0v) is 11.5. The van der Waals surface area contributed by atoms with E-state index in [0.29, 0.717) is 5.13 Å². The molecule has 0 aromatic carbocycles. The molecule has 2 aromatic rings. The van der Waals surface area contributed by atoms with Crippen LogP contribution in [0.4, 0.5) is 11.1 Å². The van der Waals surface area contributed by atoms with Crippen molar-refractivity contribution >= 4 is 34.3 Å². The first-order chi connectivity index (χ1) is 9.61. The first-order valence-electron chi connectivity index (χ1n) is 6.12. The number of carbonyl (C=O) groups excluding carboxylic acids is 2. The second kappa shape index (κ2) is 5.04. The SMILES string of the molecule is Cc1cnc(NC(=O)c2coc(NC(=O)C3CC3)n2)s1. The van der Waals surface area contributed by atoms with Crippen molar-refractivity contribution in [3.05, 3.63) is 23.0 Å². The van der Waals surface area contributed by atoms with Crippen molar-refractivity contribution in [1.82, 2.24) is 9.97 Å². The van der Waals surface area contributed by atoms with Crippen LogP contribution in [0, 0.1) is 12.8 Å². The zero-order valence-electron chi connectivity index (χ0n) is 10.7. The molecule has 7 nitrogen and oxygen atoms in total. The maximum Gasteiger partial charge on any atom is 0.302 e. The summed E-state index contributed by atoms with van der Waals surface area (Å²) in [6.07, 6.45) is 4.66. The van der Waals surface area contributed by atoms with E-state index < -0.39 is 5.91 Å². The third-order valence-electron chi connectivity index (χ3n) is 2.76. The highest BCUT2D eigenvalue weighted by Gasteiger charge is 2.30. The van der Waals surface area contributed by atoms with E-state index in [0.717, 1.165) is 17.7 Å². The smallest absolute Gasteiger partial charge is 0.302 e. The van der Waals surface area contributed by atoms with Crippen LogP contribution in [0.2, 0.25) is 0 Å². The Morgan fingerprint density at radius 2 is 2.20 bits per heavy atom. The second-order valence-electron chi connectivity index (χ2n) is 4.53. The third kappa shape index (κ3) is 2.85. The van der Waals surface area contributed by atoms with Crippen molar-refractivity contribution in [2.24, 2.45) is 5.92 Å². The Hall–Kier alpha value is -2.22. The summed E-state index contributed by atoms with van der Waals surface area (Å²) in [4.78, 5) is 32.4. The first kappa shape index (κ1) is 12.8. The van der Waals surface area contributed by atoms with Crippen molar-refractivity contribution in [3.8, 4) is 0 Å². The highest BCUT2D eigenvalue weighted by molar-refractivity contribution is 7.15. The van der Waals surface area contributed by atoms with Crippen molar-refractivity contribution < 1.29 is 14.0 Å². The largest absolute Gasteiger partial charge is 0.431 e. The number of carbonyl (C=O) groups is 2. The average molecular weight is 292 g/mol.